The number of rotatable bonds is 0. The van der Waals surface area contributed by atoms with Gasteiger partial charge in [0, 0.05) is 6.04 Å². The molecule has 0 heterocycles. The molecule has 0 aromatic carbocycles. The first-order chi connectivity index (χ1) is 5.38. The van der Waals surface area contributed by atoms with Gasteiger partial charge in [0.2, 0.25) is 0 Å². The molecule has 0 aliphatic heterocycles. The van der Waals surface area contributed by atoms with Crippen LogP contribution >= 0.6 is 0 Å². The minimum Gasteiger partial charge on any atom is -0.324 e. The van der Waals surface area contributed by atoms with E-state index in [-0.39, 0.29) is 0 Å². The van der Waals surface area contributed by atoms with Crippen LogP contribution in [0.1, 0.15) is 19.3 Å². The highest BCUT2D eigenvalue weighted by molar-refractivity contribution is 5.09. The van der Waals surface area contributed by atoms with Crippen LogP contribution in [0.3, 0.4) is 0 Å². The summed E-state index contributed by atoms with van der Waals surface area (Å²) in [4.78, 5) is 0. The summed E-state index contributed by atoms with van der Waals surface area (Å²) in [7, 11) is 0. The van der Waals surface area contributed by atoms with Crippen LogP contribution in [0.4, 0.5) is 0 Å². The van der Waals surface area contributed by atoms with Gasteiger partial charge < -0.3 is 5.73 Å². The number of hydrogen-bond acceptors (Lipinski definition) is 1. The predicted molar refractivity (Wildman–Crippen MR) is 47.1 cm³/mol. The molecule has 0 saturated carbocycles. The van der Waals surface area contributed by atoms with Gasteiger partial charge in [0.1, 0.15) is 0 Å². The van der Waals surface area contributed by atoms with E-state index in [1.54, 1.807) is 0 Å². The first-order valence-corrected chi connectivity index (χ1v) is 4.45. The van der Waals surface area contributed by atoms with Crippen LogP contribution in [0.25, 0.3) is 0 Å². The summed E-state index contributed by atoms with van der Waals surface area (Å²) in [5.41, 5.74) is 5.97. The van der Waals surface area contributed by atoms with Gasteiger partial charge in [-0.05, 0) is 31.1 Å². The molecule has 0 aromatic heterocycles. The largest absolute Gasteiger partial charge is 0.324 e. The number of hydrogen-bond donors (Lipinski definition) is 1. The Hall–Kier alpha value is -0.560. The average molecular weight is 149 g/mol. The fourth-order valence-corrected chi connectivity index (χ4v) is 2.19. The van der Waals surface area contributed by atoms with E-state index in [1.807, 2.05) is 0 Å². The van der Waals surface area contributed by atoms with Crippen molar-refractivity contribution < 1.29 is 0 Å². The molecule has 0 amide bonds. The van der Waals surface area contributed by atoms with Crippen LogP contribution < -0.4 is 5.73 Å². The van der Waals surface area contributed by atoms with Gasteiger partial charge in [0.25, 0.3) is 0 Å². The van der Waals surface area contributed by atoms with Crippen molar-refractivity contribution in [2.45, 2.75) is 25.3 Å². The lowest BCUT2D eigenvalue weighted by molar-refractivity contribution is 0.286. The Morgan fingerprint density at radius 1 is 1.00 bits per heavy atom. The highest BCUT2D eigenvalue weighted by atomic mass is 14.7. The van der Waals surface area contributed by atoms with E-state index in [1.165, 1.54) is 19.3 Å². The zero-order valence-electron chi connectivity index (χ0n) is 6.74. The van der Waals surface area contributed by atoms with Gasteiger partial charge in [-0.3, -0.25) is 0 Å². The lowest BCUT2D eigenvalue weighted by Crippen LogP contribution is -2.36. The number of allylic oxidation sites excluding steroid dienone is 3. The maximum Gasteiger partial charge on any atom is 0.0258 e. The third kappa shape index (κ3) is 1.25. The average Bonchev–Trinajstić information content (AvgIpc) is 2.06. The Morgan fingerprint density at radius 2 is 1.73 bits per heavy atom. The molecule has 3 atom stereocenters. The molecule has 11 heavy (non-hydrogen) atoms. The van der Waals surface area contributed by atoms with Gasteiger partial charge >= 0.3 is 0 Å². The molecule has 0 spiro atoms. The van der Waals surface area contributed by atoms with Crippen LogP contribution in [-0.2, 0) is 0 Å². The zero-order valence-corrected chi connectivity index (χ0v) is 6.74. The molecule has 2 aliphatic carbocycles. The molecule has 0 unspecified atom stereocenters. The molecule has 2 aliphatic rings. The predicted octanol–water partition coefficient (Wildman–Crippen LogP) is 1.86. The lowest BCUT2D eigenvalue weighted by atomic mass is 9.74. The first-order valence-electron chi connectivity index (χ1n) is 4.45. The Labute approximate surface area is 68.0 Å². The highest BCUT2D eigenvalue weighted by Crippen LogP contribution is 2.33. The van der Waals surface area contributed by atoms with Crippen molar-refractivity contribution in [3.63, 3.8) is 0 Å². The molecular weight excluding hydrogens is 134 g/mol. The molecule has 0 aromatic rings. The molecule has 0 bridgehead atoms. The second-order valence-corrected chi connectivity index (χ2v) is 3.61. The Balaban J connectivity index is 2.15. The number of fused-ring (bicyclic) bond motifs is 1. The minimum atomic E-state index is 0.318. The van der Waals surface area contributed by atoms with Crippen LogP contribution in [0, 0.1) is 11.8 Å². The molecule has 0 fully saturated rings. The third-order valence-electron chi connectivity index (χ3n) is 2.91. The standard InChI is InChI=1S/C10H15N/c11-10-7-3-5-8-4-1-2-6-9(8)10/h1-3,7-10H,4-6,11H2/t8-,9-,10+/m0/s1. The highest BCUT2D eigenvalue weighted by Gasteiger charge is 2.27. The fourth-order valence-electron chi connectivity index (χ4n) is 2.19. The summed E-state index contributed by atoms with van der Waals surface area (Å²) < 4.78 is 0. The van der Waals surface area contributed by atoms with Crippen molar-refractivity contribution in [1.82, 2.24) is 0 Å². The monoisotopic (exact) mass is 149 g/mol. The normalized spacial score (nSPS) is 42.1. The number of nitrogens with two attached hydrogens (primary N) is 1. The van der Waals surface area contributed by atoms with E-state index in [0.717, 1.165) is 11.8 Å². The maximum absolute atomic E-state index is 5.97. The first kappa shape index (κ1) is 7.11. The van der Waals surface area contributed by atoms with E-state index in [9.17, 15) is 0 Å². The van der Waals surface area contributed by atoms with Crippen LogP contribution in [-0.4, -0.2) is 6.04 Å². The molecule has 1 nitrogen and oxygen atoms in total. The van der Waals surface area contributed by atoms with E-state index >= 15 is 0 Å². The fraction of sp³-hybridized carbons (Fsp3) is 0.600. The molecule has 0 radical (unpaired) electrons. The Bertz CT molecular complexity index is 193. The third-order valence-corrected chi connectivity index (χ3v) is 2.91. The van der Waals surface area contributed by atoms with Crippen molar-refractivity contribution in [2.24, 2.45) is 17.6 Å². The minimum absolute atomic E-state index is 0.318. The van der Waals surface area contributed by atoms with Gasteiger partial charge in [-0.1, -0.05) is 24.3 Å². The van der Waals surface area contributed by atoms with E-state index < -0.39 is 0 Å². The van der Waals surface area contributed by atoms with Crippen molar-refractivity contribution in [3.05, 3.63) is 24.3 Å². The van der Waals surface area contributed by atoms with Crippen LogP contribution in [0.2, 0.25) is 0 Å². The summed E-state index contributed by atoms with van der Waals surface area (Å²) in [6.07, 6.45) is 12.7. The second-order valence-electron chi connectivity index (χ2n) is 3.61. The van der Waals surface area contributed by atoms with E-state index in [0.29, 0.717) is 6.04 Å². The van der Waals surface area contributed by atoms with Crippen molar-refractivity contribution in [2.75, 3.05) is 0 Å². The second kappa shape index (κ2) is 2.82. The SMILES string of the molecule is N[C@@H]1C=CC[C@@H]2CC=CC[C@@H]21. The van der Waals surface area contributed by atoms with E-state index in [4.69, 9.17) is 5.73 Å². The molecule has 0 saturated heterocycles. The molecule has 2 N–H and O–H groups in total. The van der Waals surface area contributed by atoms with Gasteiger partial charge in [-0.2, -0.15) is 0 Å². The summed E-state index contributed by atoms with van der Waals surface area (Å²) in [6.45, 7) is 0. The Morgan fingerprint density at radius 3 is 2.55 bits per heavy atom. The van der Waals surface area contributed by atoms with Crippen LogP contribution in [0.15, 0.2) is 24.3 Å². The molecule has 1 heteroatoms. The summed E-state index contributed by atoms with van der Waals surface area (Å²) in [5, 5.41) is 0. The summed E-state index contributed by atoms with van der Waals surface area (Å²) in [6, 6.07) is 0.318. The van der Waals surface area contributed by atoms with Crippen molar-refractivity contribution >= 4 is 0 Å². The Kier molecular flexibility index (Phi) is 1.82. The van der Waals surface area contributed by atoms with Gasteiger partial charge in [-0.25, -0.2) is 0 Å². The topological polar surface area (TPSA) is 26.0 Å². The zero-order chi connectivity index (χ0) is 7.68. The molecule has 60 valence electrons. The van der Waals surface area contributed by atoms with E-state index in [2.05, 4.69) is 24.3 Å². The van der Waals surface area contributed by atoms with Crippen molar-refractivity contribution in [1.29, 1.82) is 0 Å². The maximum atomic E-state index is 5.97. The quantitative estimate of drug-likeness (QED) is 0.523. The van der Waals surface area contributed by atoms with Gasteiger partial charge in [0.15, 0.2) is 0 Å². The molecular formula is C10H15N. The van der Waals surface area contributed by atoms with Gasteiger partial charge in [0.05, 0.1) is 0 Å². The summed E-state index contributed by atoms with van der Waals surface area (Å²) in [5.74, 6) is 1.56. The molecule has 2 rings (SSSR count). The van der Waals surface area contributed by atoms with Crippen molar-refractivity contribution in [3.8, 4) is 0 Å². The van der Waals surface area contributed by atoms with Gasteiger partial charge in [-0.15, -0.1) is 0 Å². The summed E-state index contributed by atoms with van der Waals surface area (Å²) >= 11 is 0. The lowest BCUT2D eigenvalue weighted by Gasteiger charge is -2.34. The smallest absolute Gasteiger partial charge is 0.0258 e. The van der Waals surface area contributed by atoms with Crippen LogP contribution in [0.5, 0.6) is 0 Å².